The predicted molar refractivity (Wildman–Crippen MR) is 53.3 cm³/mol. The molecule has 0 unspecified atom stereocenters. The third-order valence-electron chi connectivity index (χ3n) is 2.27. The second-order valence-corrected chi connectivity index (χ2v) is 3.38. The van der Waals surface area contributed by atoms with Crippen molar-refractivity contribution in [3.05, 3.63) is 47.0 Å². The Bertz CT molecular complexity index is 582. The van der Waals surface area contributed by atoms with Crippen LogP contribution >= 0.6 is 0 Å². The highest BCUT2D eigenvalue weighted by Gasteiger charge is 2.11. The summed E-state index contributed by atoms with van der Waals surface area (Å²) >= 11 is 0. The molecule has 0 fully saturated rings. The molecule has 2 aromatic carbocycles. The van der Waals surface area contributed by atoms with Crippen LogP contribution in [0.3, 0.4) is 0 Å². The van der Waals surface area contributed by atoms with Gasteiger partial charge >= 0.3 is 0 Å². The first-order valence-electron chi connectivity index (χ1n) is 4.42. The van der Waals surface area contributed by atoms with E-state index in [-0.39, 0.29) is 10.9 Å². The van der Waals surface area contributed by atoms with Gasteiger partial charge < -0.3 is 0 Å². The minimum Gasteiger partial charge on any atom is -0.206 e. The van der Waals surface area contributed by atoms with Crippen molar-refractivity contribution in [1.82, 2.24) is 0 Å². The van der Waals surface area contributed by atoms with Crippen molar-refractivity contribution in [2.45, 2.75) is 6.92 Å². The van der Waals surface area contributed by atoms with Gasteiger partial charge in [0.1, 0.15) is 11.9 Å². The van der Waals surface area contributed by atoms with Crippen LogP contribution in [0, 0.1) is 29.9 Å². The lowest BCUT2D eigenvalue weighted by atomic mass is 10.0. The van der Waals surface area contributed by atoms with E-state index in [1.54, 1.807) is 25.1 Å². The summed E-state index contributed by atoms with van der Waals surface area (Å²) in [5.74, 6) is -1.41. The molecule has 15 heavy (non-hydrogen) atoms. The van der Waals surface area contributed by atoms with Crippen LogP contribution in [0.5, 0.6) is 0 Å². The second-order valence-electron chi connectivity index (χ2n) is 3.38. The number of aryl methyl sites for hydroxylation is 1. The largest absolute Gasteiger partial charge is 0.206 e. The summed E-state index contributed by atoms with van der Waals surface area (Å²) in [6, 6.07) is 7.53. The average molecular weight is 203 g/mol. The van der Waals surface area contributed by atoms with Crippen molar-refractivity contribution >= 4 is 10.8 Å². The Morgan fingerprint density at radius 1 is 1.20 bits per heavy atom. The summed E-state index contributed by atoms with van der Waals surface area (Å²) in [5, 5.41) is 8.98. The molecule has 1 nitrogen and oxygen atoms in total. The number of fused-ring (bicyclic) bond motifs is 1. The van der Waals surface area contributed by atoms with E-state index in [1.165, 1.54) is 12.1 Å². The molecule has 0 heterocycles. The van der Waals surface area contributed by atoms with Crippen LogP contribution in [-0.2, 0) is 0 Å². The minimum absolute atomic E-state index is 0.111. The Labute approximate surface area is 85.6 Å². The number of halogens is 2. The molecule has 0 aliphatic heterocycles. The molecule has 0 radical (unpaired) electrons. The van der Waals surface area contributed by atoms with Crippen molar-refractivity contribution in [2.75, 3.05) is 0 Å². The van der Waals surface area contributed by atoms with E-state index in [0.717, 1.165) is 5.56 Å². The Kier molecular flexibility index (Phi) is 2.12. The molecule has 0 amide bonds. The highest BCUT2D eigenvalue weighted by molar-refractivity contribution is 5.85. The average Bonchev–Trinajstić information content (AvgIpc) is 2.17. The van der Waals surface area contributed by atoms with Crippen LogP contribution in [0.1, 0.15) is 11.1 Å². The molecule has 2 aromatic rings. The summed E-state index contributed by atoms with van der Waals surface area (Å²) in [4.78, 5) is 0. The molecule has 0 atom stereocenters. The second kappa shape index (κ2) is 3.32. The van der Waals surface area contributed by atoms with E-state index in [0.29, 0.717) is 5.39 Å². The van der Waals surface area contributed by atoms with Gasteiger partial charge in [-0.3, -0.25) is 0 Å². The number of nitriles is 1. The van der Waals surface area contributed by atoms with Gasteiger partial charge in [-0.25, -0.2) is 8.78 Å². The SMILES string of the molecule is Cc1cc(F)c2c(F)c(C#N)ccc2c1. The molecule has 0 N–H and O–H groups in total. The highest BCUT2D eigenvalue weighted by Crippen LogP contribution is 2.24. The lowest BCUT2D eigenvalue weighted by Crippen LogP contribution is -1.90. The Morgan fingerprint density at radius 3 is 2.60 bits per heavy atom. The molecular weight excluding hydrogens is 196 g/mol. The van der Waals surface area contributed by atoms with Crippen LogP contribution in [0.25, 0.3) is 10.8 Å². The lowest BCUT2D eigenvalue weighted by molar-refractivity contribution is 0.605. The number of rotatable bonds is 0. The van der Waals surface area contributed by atoms with Crippen LogP contribution < -0.4 is 0 Å². The van der Waals surface area contributed by atoms with Gasteiger partial charge in [0.2, 0.25) is 0 Å². The first-order valence-corrected chi connectivity index (χ1v) is 4.42. The standard InChI is InChI=1S/C12H7F2N/c1-7-4-8-2-3-9(6-15)12(14)11(8)10(13)5-7/h2-5H,1H3. The fourth-order valence-corrected chi connectivity index (χ4v) is 1.60. The summed E-state index contributed by atoms with van der Waals surface area (Å²) < 4.78 is 27.1. The van der Waals surface area contributed by atoms with Gasteiger partial charge in [0.25, 0.3) is 0 Å². The lowest BCUT2D eigenvalue weighted by Gasteiger charge is -2.03. The van der Waals surface area contributed by atoms with Crippen molar-refractivity contribution in [3.8, 4) is 6.07 Å². The zero-order valence-electron chi connectivity index (χ0n) is 8.01. The van der Waals surface area contributed by atoms with Crippen LogP contribution in [0.2, 0.25) is 0 Å². The van der Waals surface area contributed by atoms with E-state index in [2.05, 4.69) is 0 Å². The maximum absolute atomic E-state index is 13.6. The summed E-state index contributed by atoms with van der Waals surface area (Å²) in [6.07, 6.45) is 0. The smallest absolute Gasteiger partial charge is 0.151 e. The first kappa shape index (κ1) is 9.60. The van der Waals surface area contributed by atoms with Gasteiger partial charge in [-0.15, -0.1) is 0 Å². The topological polar surface area (TPSA) is 23.8 Å². The molecule has 3 heteroatoms. The number of benzene rings is 2. The van der Waals surface area contributed by atoms with Crippen molar-refractivity contribution in [3.63, 3.8) is 0 Å². The molecule has 0 saturated heterocycles. The van der Waals surface area contributed by atoms with Crippen molar-refractivity contribution in [1.29, 1.82) is 5.26 Å². The molecule has 0 saturated carbocycles. The van der Waals surface area contributed by atoms with Gasteiger partial charge in [-0.2, -0.15) is 5.26 Å². The third kappa shape index (κ3) is 1.44. The fourth-order valence-electron chi connectivity index (χ4n) is 1.60. The molecule has 0 bridgehead atoms. The van der Waals surface area contributed by atoms with Gasteiger partial charge in [0.15, 0.2) is 5.82 Å². The fraction of sp³-hybridized carbons (Fsp3) is 0.0833. The van der Waals surface area contributed by atoms with Crippen molar-refractivity contribution < 1.29 is 8.78 Å². The number of nitrogens with zero attached hydrogens (tertiary/aromatic N) is 1. The third-order valence-corrected chi connectivity index (χ3v) is 2.27. The predicted octanol–water partition coefficient (Wildman–Crippen LogP) is 3.30. The molecule has 0 aliphatic rings. The number of hydrogen-bond donors (Lipinski definition) is 0. The zero-order valence-corrected chi connectivity index (χ0v) is 8.01. The first-order chi connectivity index (χ1) is 7.13. The maximum Gasteiger partial charge on any atom is 0.151 e. The molecule has 0 spiro atoms. The Balaban J connectivity index is 2.94. The quantitative estimate of drug-likeness (QED) is 0.644. The summed E-state index contributed by atoms with van der Waals surface area (Å²) in [7, 11) is 0. The zero-order chi connectivity index (χ0) is 11.0. The minimum atomic E-state index is -0.785. The molecular formula is C12H7F2N. The Hall–Kier alpha value is -1.95. The van der Waals surface area contributed by atoms with E-state index >= 15 is 0 Å². The molecule has 0 aromatic heterocycles. The Morgan fingerprint density at radius 2 is 1.93 bits per heavy atom. The molecule has 74 valence electrons. The van der Waals surface area contributed by atoms with Crippen LogP contribution in [0.15, 0.2) is 24.3 Å². The van der Waals surface area contributed by atoms with Crippen LogP contribution in [0.4, 0.5) is 8.78 Å². The maximum atomic E-state index is 13.6. The monoisotopic (exact) mass is 203 g/mol. The van der Waals surface area contributed by atoms with E-state index < -0.39 is 11.6 Å². The normalized spacial score (nSPS) is 10.3. The summed E-state index contributed by atoms with van der Waals surface area (Å²) in [6.45, 7) is 1.73. The summed E-state index contributed by atoms with van der Waals surface area (Å²) in [5.41, 5.74) is 0.592. The van der Waals surface area contributed by atoms with Gasteiger partial charge in [-0.05, 0) is 30.0 Å². The molecule has 0 aliphatic carbocycles. The van der Waals surface area contributed by atoms with Gasteiger partial charge in [0, 0.05) is 0 Å². The van der Waals surface area contributed by atoms with Gasteiger partial charge in [-0.1, -0.05) is 12.1 Å². The van der Waals surface area contributed by atoms with Crippen LogP contribution in [-0.4, -0.2) is 0 Å². The van der Waals surface area contributed by atoms with E-state index in [9.17, 15) is 8.78 Å². The van der Waals surface area contributed by atoms with E-state index in [4.69, 9.17) is 5.26 Å². The highest BCUT2D eigenvalue weighted by atomic mass is 19.1. The molecule has 2 rings (SSSR count). The number of hydrogen-bond acceptors (Lipinski definition) is 1. The van der Waals surface area contributed by atoms with Crippen molar-refractivity contribution in [2.24, 2.45) is 0 Å². The van der Waals surface area contributed by atoms with Gasteiger partial charge in [0.05, 0.1) is 10.9 Å². The van der Waals surface area contributed by atoms with E-state index in [1.807, 2.05) is 0 Å².